The van der Waals surface area contributed by atoms with Gasteiger partial charge in [-0.05, 0) is 49.7 Å². The molecule has 7 nitrogen and oxygen atoms in total. The van der Waals surface area contributed by atoms with Crippen molar-refractivity contribution in [1.82, 2.24) is 24.7 Å². The first-order valence-electron chi connectivity index (χ1n) is 11.3. The molecular formula is C26H24FN5O2. The second-order valence-electron chi connectivity index (χ2n) is 8.19. The van der Waals surface area contributed by atoms with Crippen LogP contribution in [0.4, 0.5) is 4.39 Å². The van der Waals surface area contributed by atoms with Crippen LogP contribution in [0.5, 0.6) is 5.75 Å². The van der Waals surface area contributed by atoms with Crippen molar-refractivity contribution in [1.29, 1.82) is 0 Å². The number of aromatic amines is 1. The minimum atomic E-state index is -0.467. The number of rotatable bonds is 7. The highest BCUT2D eigenvalue weighted by Gasteiger charge is 2.20. The Balaban J connectivity index is 1.70. The molecule has 0 fully saturated rings. The minimum absolute atomic E-state index is 0.205. The monoisotopic (exact) mass is 457 g/mol. The number of hydrogen-bond acceptors (Lipinski definition) is 5. The zero-order chi connectivity index (χ0) is 23.7. The maximum absolute atomic E-state index is 15.0. The number of H-pyrrole nitrogens is 1. The lowest BCUT2D eigenvalue weighted by atomic mass is 10.1. The Morgan fingerprint density at radius 2 is 2.00 bits per heavy atom. The van der Waals surface area contributed by atoms with Crippen molar-refractivity contribution >= 4 is 21.9 Å². The molecule has 0 amide bonds. The zero-order valence-electron chi connectivity index (χ0n) is 19.0. The highest BCUT2D eigenvalue weighted by atomic mass is 19.1. The number of ether oxygens (including phenoxy) is 1. The van der Waals surface area contributed by atoms with E-state index in [9.17, 15) is 4.79 Å². The summed E-state index contributed by atoms with van der Waals surface area (Å²) in [6.07, 6.45) is 4.17. The summed E-state index contributed by atoms with van der Waals surface area (Å²) in [6, 6.07) is 14.0. The van der Waals surface area contributed by atoms with E-state index in [2.05, 4.69) is 22.0 Å². The van der Waals surface area contributed by atoms with Gasteiger partial charge in [-0.25, -0.2) is 14.1 Å². The molecule has 0 saturated carbocycles. The van der Waals surface area contributed by atoms with Crippen LogP contribution in [-0.2, 0) is 6.42 Å². The van der Waals surface area contributed by atoms with Crippen LogP contribution in [-0.4, -0.2) is 31.3 Å². The van der Waals surface area contributed by atoms with E-state index >= 15 is 4.39 Å². The largest absolute Gasteiger partial charge is 0.494 e. The number of nitrogens with zero attached hydrogens (tertiary/aromatic N) is 4. The number of fused-ring (bicyclic) bond motifs is 3. The lowest BCUT2D eigenvalue weighted by Crippen LogP contribution is -2.09. The summed E-state index contributed by atoms with van der Waals surface area (Å²) >= 11 is 0. The summed E-state index contributed by atoms with van der Waals surface area (Å²) in [6.45, 7) is 4.36. The van der Waals surface area contributed by atoms with Crippen LogP contribution in [0.25, 0.3) is 27.6 Å². The van der Waals surface area contributed by atoms with Gasteiger partial charge in [-0.3, -0.25) is 9.78 Å². The molecular weight excluding hydrogens is 433 g/mol. The third-order valence-corrected chi connectivity index (χ3v) is 5.71. The molecule has 0 spiro atoms. The molecule has 1 N–H and O–H groups in total. The Morgan fingerprint density at radius 1 is 1.12 bits per heavy atom. The first-order chi connectivity index (χ1) is 16.5. The fourth-order valence-corrected chi connectivity index (χ4v) is 4.02. The van der Waals surface area contributed by atoms with Crippen LogP contribution >= 0.6 is 0 Å². The summed E-state index contributed by atoms with van der Waals surface area (Å²) in [5.74, 6) is 0.0782. The van der Waals surface area contributed by atoms with Crippen molar-refractivity contribution in [3.8, 4) is 11.4 Å². The van der Waals surface area contributed by atoms with Gasteiger partial charge in [-0.2, -0.15) is 5.10 Å². The van der Waals surface area contributed by atoms with Gasteiger partial charge >= 0.3 is 0 Å². The SMILES string of the molecule is CCCCOc1ccc(F)c(-n2nc(C)c3c(=O)[nH]c4ccc(Cc5ccccn5)nc4c32)c1. The predicted molar refractivity (Wildman–Crippen MR) is 129 cm³/mol. The van der Waals surface area contributed by atoms with E-state index < -0.39 is 5.82 Å². The molecule has 0 aliphatic carbocycles. The van der Waals surface area contributed by atoms with Crippen LogP contribution in [0.1, 0.15) is 36.8 Å². The third-order valence-electron chi connectivity index (χ3n) is 5.71. The highest BCUT2D eigenvalue weighted by molar-refractivity contribution is 6.02. The van der Waals surface area contributed by atoms with E-state index in [1.54, 1.807) is 25.3 Å². The molecule has 1 aromatic carbocycles. The summed E-state index contributed by atoms with van der Waals surface area (Å²) in [4.78, 5) is 25.0. The molecule has 34 heavy (non-hydrogen) atoms. The number of halogens is 1. The maximum Gasteiger partial charge on any atom is 0.259 e. The predicted octanol–water partition coefficient (Wildman–Crippen LogP) is 4.87. The van der Waals surface area contributed by atoms with Crippen molar-refractivity contribution in [2.24, 2.45) is 0 Å². The molecule has 0 aliphatic rings. The molecule has 0 atom stereocenters. The molecule has 0 bridgehead atoms. The molecule has 5 rings (SSSR count). The number of pyridine rings is 3. The highest BCUT2D eigenvalue weighted by Crippen LogP contribution is 2.28. The van der Waals surface area contributed by atoms with Gasteiger partial charge in [-0.1, -0.05) is 19.4 Å². The van der Waals surface area contributed by atoms with Crippen LogP contribution in [0, 0.1) is 12.7 Å². The summed E-state index contributed by atoms with van der Waals surface area (Å²) in [5, 5.41) is 4.91. The number of benzene rings is 1. The average Bonchev–Trinajstić information content (AvgIpc) is 3.19. The van der Waals surface area contributed by atoms with Crippen molar-refractivity contribution in [3.05, 3.63) is 88.0 Å². The first-order valence-corrected chi connectivity index (χ1v) is 11.3. The fourth-order valence-electron chi connectivity index (χ4n) is 4.02. The Labute approximate surface area is 195 Å². The summed E-state index contributed by atoms with van der Waals surface area (Å²) in [5.41, 5.74) is 3.62. The number of nitrogens with one attached hydrogen (secondary N) is 1. The molecule has 172 valence electrons. The van der Waals surface area contributed by atoms with Crippen LogP contribution in [0.15, 0.2) is 59.5 Å². The molecule has 0 radical (unpaired) electrons. The molecule has 5 aromatic rings. The van der Waals surface area contributed by atoms with Gasteiger partial charge in [0.05, 0.1) is 23.2 Å². The third kappa shape index (κ3) is 4.03. The Morgan fingerprint density at radius 3 is 2.79 bits per heavy atom. The molecule has 0 aliphatic heterocycles. The lowest BCUT2D eigenvalue weighted by Gasteiger charge is -2.11. The standard InChI is InChI=1S/C26H24FN5O2/c1-3-4-13-34-19-9-10-20(27)22(15-19)32-25-23(16(2)31-32)26(33)30-21-11-8-18(29-24(21)25)14-17-7-5-6-12-28-17/h5-12,15H,3-4,13-14H2,1-2H3,(H,30,33). The van der Waals surface area contributed by atoms with Crippen molar-refractivity contribution < 1.29 is 9.13 Å². The first kappa shape index (κ1) is 21.8. The summed E-state index contributed by atoms with van der Waals surface area (Å²) < 4.78 is 22.3. The van der Waals surface area contributed by atoms with Crippen molar-refractivity contribution in [2.45, 2.75) is 33.1 Å². The lowest BCUT2D eigenvalue weighted by molar-refractivity contribution is 0.309. The fraction of sp³-hybridized carbons (Fsp3) is 0.231. The van der Waals surface area contributed by atoms with Crippen LogP contribution in [0.3, 0.4) is 0 Å². The maximum atomic E-state index is 15.0. The Bertz CT molecular complexity index is 1540. The molecule has 8 heteroatoms. The average molecular weight is 458 g/mol. The molecule has 0 saturated heterocycles. The summed E-state index contributed by atoms with van der Waals surface area (Å²) in [7, 11) is 0. The van der Waals surface area contributed by atoms with Crippen LogP contribution < -0.4 is 10.3 Å². The van der Waals surface area contributed by atoms with Crippen molar-refractivity contribution in [3.63, 3.8) is 0 Å². The second kappa shape index (κ2) is 9.05. The Hall–Kier alpha value is -4.07. The smallest absolute Gasteiger partial charge is 0.259 e. The van der Waals surface area contributed by atoms with Gasteiger partial charge in [0.1, 0.15) is 28.3 Å². The number of unbranched alkanes of at least 4 members (excludes halogenated alkanes) is 1. The minimum Gasteiger partial charge on any atom is -0.494 e. The molecule has 4 aromatic heterocycles. The van der Waals surface area contributed by atoms with Gasteiger partial charge in [0.2, 0.25) is 0 Å². The van der Waals surface area contributed by atoms with E-state index in [1.807, 2.05) is 30.3 Å². The van der Waals surface area contributed by atoms with E-state index in [0.29, 0.717) is 46.4 Å². The van der Waals surface area contributed by atoms with Gasteiger partial charge in [0.15, 0.2) is 0 Å². The van der Waals surface area contributed by atoms with Gasteiger partial charge in [0, 0.05) is 30.1 Å². The second-order valence-corrected chi connectivity index (χ2v) is 8.19. The molecule has 0 unspecified atom stereocenters. The van der Waals surface area contributed by atoms with E-state index in [4.69, 9.17) is 9.72 Å². The van der Waals surface area contributed by atoms with E-state index in [0.717, 1.165) is 24.2 Å². The topological polar surface area (TPSA) is 85.7 Å². The molecule has 4 heterocycles. The number of hydrogen-bond donors (Lipinski definition) is 1. The van der Waals surface area contributed by atoms with E-state index in [1.165, 1.54) is 10.7 Å². The van der Waals surface area contributed by atoms with Crippen LogP contribution in [0.2, 0.25) is 0 Å². The van der Waals surface area contributed by atoms with Gasteiger partial charge < -0.3 is 9.72 Å². The quantitative estimate of drug-likeness (QED) is 0.352. The van der Waals surface area contributed by atoms with Gasteiger partial charge in [0.25, 0.3) is 5.56 Å². The van der Waals surface area contributed by atoms with Gasteiger partial charge in [-0.15, -0.1) is 0 Å². The van der Waals surface area contributed by atoms with E-state index in [-0.39, 0.29) is 11.2 Å². The number of aromatic nitrogens is 5. The normalized spacial score (nSPS) is 11.4. The number of aryl methyl sites for hydroxylation is 1. The zero-order valence-corrected chi connectivity index (χ0v) is 19.0. The Kier molecular flexibility index (Phi) is 5.79. The van der Waals surface area contributed by atoms with Crippen molar-refractivity contribution in [2.75, 3.05) is 6.61 Å².